The van der Waals surface area contributed by atoms with E-state index < -0.39 is 0 Å². The van der Waals surface area contributed by atoms with Gasteiger partial charge >= 0.3 is 0 Å². The van der Waals surface area contributed by atoms with Gasteiger partial charge in [-0.05, 0) is 26.0 Å². The van der Waals surface area contributed by atoms with Crippen molar-refractivity contribution < 1.29 is 4.79 Å². The maximum absolute atomic E-state index is 10.6. The Labute approximate surface area is 87.6 Å². The first-order valence-electron chi connectivity index (χ1n) is 4.66. The maximum atomic E-state index is 10.6. The molecule has 2 aromatic rings. The Bertz CT molecular complexity index is 502. The Morgan fingerprint density at radius 2 is 2.13 bits per heavy atom. The van der Waals surface area contributed by atoms with E-state index in [2.05, 4.69) is 10.1 Å². The Balaban J connectivity index is 2.53. The first-order chi connectivity index (χ1) is 7.20. The smallest absolute Gasteiger partial charge is 0.150 e. The highest BCUT2D eigenvalue weighted by atomic mass is 16.1. The first-order valence-corrected chi connectivity index (χ1v) is 4.66. The van der Waals surface area contributed by atoms with Crippen LogP contribution in [-0.2, 0) is 0 Å². The number of benzene rings is 1. The number of aldehydes is 1. The van der Waals surface area contributed by atoms with Crippen molar-refractivity contribution in [1.82, 2.24) is 14.8 Å². The van der Waals surface area contributed by atoms with Crippen LogP contribution in [0.5, 0.6) is 0 Å². The van der Waals surface area contributed by atoms with E-state index in [0.29, 0.717) is 5.56 Å². The van der Waals surface area contributed by atoms with Crippen LogP contribution in [0.15, 0.2) is 24.3 Å². The zero-order valence-electron chi connectivity index (χ0n) is 8.64. The molecule has 0 radical (unpaired) electrons. The van der Waals surface area contributed by atoms with Crippen molar-refractivity contribution in [3.05, 3.63) is 41.5 Å². The standard InChI is InChI=1S/C11H11N3O/c1-8-12-9(2)14(13-8)11-5-3-4-10(6-11)7-15/h3-7H,1-2H3. The average Bonchev–Trinajstić information content (AvgIpc) is 2.58. The van der Waals surface area contributed by atoms with Crippen LogP contribution >= 0.6 is 0 Å². The molecule has 1 aromatic carbocycles. The van der Waals surface area contributed by atoms with Gasteiger partial charge in [0.15, 0.2) is 0 Å². The monoisotopic (exact) mass is 201 g/mol. The third-order valence-corrected chi connectivity index (χ3v) is 2.13. The molecule has 76 valence electrons. The van der Waals surface area contributed by atoms with Crippen molar-refractivity contribution in [3.8, 4) is 5.69 Å². The predicted octanol–water partition coefficient (Wildman–Crippen LogP) is 1.70. The number of rotatable bonds is 2. The lowest BCUT2D eigenvalue weighted by Crippen LogP contribution is -1.99. The summed E-state index contributed by atoms with van der Waals surface area (Å²) in [5.74, 6) is 1.54. The van der Waals surface area contributed by atoms with Crippen LogP contribution in [-0.4, -0.2) is 21.1 Å². The molecule has 0 aliphatic heterocycles. The number of hydrogen-bond acceptors (Lipinski definition) is 3. The second-order valence-corrected chi connectivity index (χ2v) is 3.33. The van der Waals surface area contributed by atoms with E-state index >= 15 is 0 Å². The molecular formula is C11H11N3O. The van der Waals surface area contributed by atoms with Gasteiger partial charge in [-0.1, -0.05) is 12.1 Å². The lowest BCUT2D eigenvalue weighted by atomic mass is 10.2. The minimum atomic E-state index is 0.639. The van der Waals surface area contributed by atoms with E-state index in [1.165, 1.54) is 0 Å². The molecule has 0 aliphatic carbocycles. The van der Waals surface area contributed by atoms with Gasteiger partial charge in [-0.15, -0.1) is 0 Å². The fraction of sp³-hybridized carbons (Fsp3) is 0.182. The number of carbonyl (C=O) groups is 1. The van der Waals surface area contributed by atoms with Gasteiger partial charge < -0.3 is 0 Å². The lowest BCUT2D eigenvalue weighted by molar-refractivity contribution is 0.112. The predicted molar refractivity (Wildman–Crippen MR) is 56.2 cm³/mol. The molecule has 0 saturated heterocycles. The molecule has 1 heterocycles. The minimum Gasteiger partial charge on any atom is -0.298 e. The van der Waals surface area contributed by atoms with Crippen molar-refractivity contribution in [2.75, 3.05) is 0 Å². The summed E-state index contributed by atoms with van der Waals surface area (Å²) in [4.78, 5) is 14.8. The highest BCUT2D eigenvalue weighted by Crippen LogP contribution is 2.10. The summed E-state index contributed by atoms with van der Waals surface area (Å²) >= 11 is 0. The second kappa shape index (κ2) is 3.65. The van der Waals surface area contributed by atoms with Crippen LogP contribution in [0.3, 0.4) is 0 Å². The summed E-state index contributed by atoms with van der Waals surface area (Å²) in [5, 5.41) is 4.25. The Morgan fingerprint density at radius 3 is 2.73 bits per heavy atom. The summed E-state index contributed by atoms with van der Waals surface area (Å²) in [6, 6.07) is 7.27. The number of aromatic nitrogens is 3. The number of hydrogen-bond donors (Lipinski definition) is 0. The Kier molecular flexibility index (Phi) is 2.33. The lowest BCUT2D eigenvalue weighted by Gasteiger charge is -2.02. The molecular weight excluding hydrogens is 190 g/mol. The van der Waals surface area contributed by atoms with Crippen molar-refractivity contribution >= 4 is 6.29 Å². The van der Waals surface area contributed by atoms with Gasteiger partial charge in [0, 0.05) is 5.56 Å². The van der Waals surface area contributed by atoms with E-state index in [4.69, 9.17) is 0 Å². The molecule has 4 nitrogen and oxygen atoms in total. The first kappa shape index (κ1) is 9.58. The van der Waals surface area contributed by atoms with E-state index in [-0.39, 0.29) is 0 Å². The third-order valence-electron chi connectivity index (χ3n) is 2.13. The van der Waals surface area contributed by atoms with Crippen LogP contribution < -0.4 is 0 Å². The average molecular weight is 201 g/mol. The second-order valence-electron chi connectivity index (χ2n) is 3.33. The van der Waals surface area contributed by atoms with E-state index in [1.807, 2.05) is 26.0 Å². The molecule has 0 bridgehead atoms. The van der Waals surface area contributed by atoms with Crippen molar-refractivity contribution in [3.63, 3.8) is 0 Å². The van der Waals surface area contributed by atoms with E-state index in [9.17, 15) is 4.79 Å². The molecule has 1 aromatic heterocycles. The van der Waals surface area contributed by atoms with Crippen molar-refractivity contribution in [2.24, 2.45) is 0 Å². The fourth-order valence-corrected chi connectivity index (χ4v) is 1.50. The van der Waals surface area contributed by atoms with Crippen LogP contribution in [0, 0.1) is 13.8 Å². The molecule has 0 unspecified atom stereocenters. The molecule has 0 saturated carbocycles. The SMILES string of the molecule is Cc1nc(C)n(-c2cccc(C=O)c2)n1. The van der Waals surface area contributed by atoms with Gasteiger partial charge in [0.25, 0.3) is 0 Å². The van der Waals surface area contributed by atoms with Crippen LogP contribution in [0.2, 0.25) is 0 Å². The van der Waals surface area contributed by atoms with Crippen LogP contribution in [0.25, 0.3) is 5.69 Å². The topological polar surface area (TPSA) is 47.8 Å². The molecule has 15 heavy (non-hydrogen) atoms. The summed E-state index contributed by atoms with van der Waals surface area (Å²) < 4.78 is 1.72. The zero-order valence-corrected chi connectivity index (χ0v) is 8.64. The summed E-state index contributed by atoms with van der Waals surface area (Å²) in [5.41, 5.74) is 1.50. The van der Waals surface area contributed by atoms with Crippen LogP contribution in [0.4, 0.5) is 0 Å². The van der Waals surface area contributed by atoms with Crippen molar-refractivity contribution in [1.29, 1.82) is 0 Å². The highest BCUT2D eigenvalue weighted by Gasteiger charge is 2.04. The summed E-state index contributed by atoms with van der Waals surface area (Å²) in [7, 11) is 0. The van der Waals surface area contributed by atoms with E-state index in [1.54, 1.807) is 16.8 Å². The van der Waals surface area contributed by atoms with Crippen LogP contribution in [0.1, 0.15) is 22.0 Å². The molecule has 2 rings (SSSR count). The summed E-state index contributed by atoms with van der Waals surface area (Å²) in [6.45, 7) is 3.72. The highest BCUT2D eigenvalue weighted by molar-refractivity contribution is 5.75. The Morgan fingerprint density at radius 1 is 1.33 bits per heavy atom. The fourth-order valence-electron chi connectivity index (χ4n) is 1.50. The molecule has 0 amide bonds. The van der Waals surface area contributed by atoms with E-state index in [0.717, 1.165) is 23.6 Å². The van der Waals surface area contributed by atoms with Gasteiger partial charge in [0.2, 0.25) is 0 Å². The van der Waals surface area contributed by atoms with Gasteiger partial charge in [-0.2, -0.15) is 5.10 Å². The quantitative estimate of drug-likeness (QED) is 0.695. The van der Waals surface area contributed by atoms with Crippen molar-refractivity contribution in [2.45, 2.75) is 13.8 Å². The normalized spacial score (nSPS) is 10.3. The molecule has 0 fully saturated rings. The number of carbonyl (C=O) groups excluding carboxylic acids is 1. The molecule has 0 N–H and O–H groups in total. The van der Waals surface area contributed by atoms with Gasteiger partial charge in [-0.3, -0.25) is 4.79 Å². The largest absolute Gasteiger partial charge is 0.298 e. The minimum absolute atomic E-state index is 0.639. The van der Waals surface area contributed by atoms with Gasteiger partial charge in [-0.25, -0.2) is 9.67 Å². The Hall–Kier alpha value is -1.97. The molecule has 0 atom stereocenters. The molecule has 0 aliphatic rings. The third kappa shape index (κ3) is 1.79. The molecule has 4 heteroatoms. The van der Waals surface area contributed by atoms with Gasteiger partial charge in [0.05, 0.1) is 5.69 Å². The number of aryl methyl sites for hydroxylation is 2. The zero-order chi connectivity index (χ0) is 10.8. The van der Waals surface area contributed by atoms with Gasteiger partial charge in [0.1, 0.15) is 17.9 Å². The maximum Gasteiger partial charge on any atom is 0.150 e. The molecule has 0 spiro atoms. The number of nitrogens with zero attached hydrogens (tertiary/aromatic N) is 3. The summed E-state index contributed by atoms with van der Waals surface area (Å²) in [6.07, 6.45) is 0.822.